The van der Waals surface area contributed by atoms with Crippen molar-refractivity contribution in [3.8, 4) is 5.69 Å². The maximum absolute atomic E-state index is 11.9. The molecule has 0 fully saturated rings. The highest BCUT2D eigenvalue weighted by Gasteiger charge is 2.39. The fourth-order valence-corrected chi connectivity index (χ4v) is 3.58. The molecule has 2 aromatic carbocycles. The van der Waals surface area contributed by atoms with Crippen LogP contribution in [0.2, 0.25) is 5.02 Å². The summed E-state index contributed by atoms with van der Waals surface area (Å²) in [5.74, 6) is 0.120. The molecule has 0 aliphatic carbocycles. The number of nitrogens with zero attached hydrogens (tertiary/aromatic N) is 3. The minimum Gasteiger partial charge on any atom is -0.430 e. The van der Waals surface area contributed by atoms with Crippen LogP contribution in [-0.4, -0.2) is 21.2 Å². The predicted molar refractivity (Wildman–Crippen MR) is 105 cm³/mol. The van der Waals surface area contributed by atoms with Gasteiger partial charge in [-0.2, -0.15) is 0 Å². The standard InChI is InChI=1S/C21H18ClN3O2/c1-13-12-25-18-10-9-16(22)11-17(18)19(15-7-5-4-6-8-15)24-21(3,20(25)23-13)27-14(2)26/h4-12H,1-3H3. The van der Waals surface area contributed by atoms with Crippen LogP contribution in [0.15, 0.2) is 59.7 Å². The number of hydrogen-bond donors (Lipinski definition) is 0. The number of esters is 1. The van der Waals surface area contributed by atoms with Crippen molar-refractivity contribution in [3.05, 3.63) is 82.4 Å². The van der Waals surface area contributed by atoms with E-state index in [2.05, 4.69) is 4.98 Å². The Morgan fingerprint density at radius 2 is 1.93 bits per heavy atom. The van der Waals surface area contributed by atoms with Crippen LogP contribution in [0, 0.1) is 6.92 Å². The quantitative estimate of drug-likeness (QED) is 0.619. The molecule has 1 aromatic heterocycles. The number of hydrogen-bond acceptors (Lipinski definition) is 4. The van der Waals surface area contributed by atoms with Crippen LogP contribution in [0.1, 0.15) is 36.5 Å². The number of aliphatic imine (C=N–C) groups is 1. The van der Waals surface area contributed by atoms with Gasteiger partial charge in [0, 0.05) is 36.2 Å². The first kappa shape index (κ1) is 17.5. The third-order valence-electron chi connectivity index (χ3n) is 4.43. The Hall–Kier alpha value is -2.92. The van der Waals surface area contributed by atoms with Crippen molar-refractivity contribution < 1.29 is 9.53 Å². The van der Waals surface area contributed by atoms with E-state index in [4.69, 9.17) is 21.3 Å². The van der Waals surface area contributed by atoms with Crippen LogP contribution in [-0.2, 0) is 15.3 Å². The maximum atomic E-state index is 11.9. The monoisotopic (exact) mass is 379 g/mol. The zero-order valence-electron chi connectivity index (χ0n) is 15.2. The first-order chi connectivity index (χ1) is 12.9. The summed E-state index contributed by atoms with van der Waals surface area (Å²) >= 11 is 6.31. The molecule has 0 bridgehead atoms. The lowest BCUT2D eigenvalue weighted by Gasteiger charge is -2.24. The van der Waals surface area contributed by atoms with Gasteiger partial charge in [-0.15, -0.1) is 0 Å². The predicted octanol–water partition coefficient (Wildman–Crippen LogP) is 4.42. The zero-order chi connectivity index (χ0) is 19.2. The van der Waals surface area contributed by atoms with Gasteiger partial charge in [0.25, 0.3) is 5.72 Å². The Kier molecular flexibility index (Phi) is 4.12. The summed E-state index contributed by atoms with van der Waals surface area (Å²) in [6.45, 7) is 5.02. The average molecular weight is 380 g/mol. The summed E-state index contributed by atoms with van der Waals surface area (Å²) in [4.78, 5) is 21.4. The van der Waals surface area contributed by atoms with Crippen molar-refractivity contribution >= 4 is 23.3 Å². The van der Waals surface area contributed by atoms with Gasteiger partial charge in [-0.3, -0.25) is 9.36 Å². The normalized spacial score (nSPS) is 18.1. The molecule has 6 heteroatoms. The third-order valence-corrected chi connectivity index (χ3v) is 4.66. The molecule has 1 aliphatic heterocycles. The molecule has 1 aliphatic rings. The number of ether oxygens (including phenoxy) is 1. The second-order valence-corrected chi connectivity index (χ2v) is 7.08. The molecule has 27 heavy (non-hydrogen) atoms. The molecule has 0 N–H and O–H groups in total. The van der Waals surface area contributed by atoms with Crippen molar-refractivity contribution in [2.75, 3.05) is 0 Å². The van der Waals surface area contributed by atoms with Crippen LogP contribution < -0.4 is 0 Å². The molecule has 3 aromatic rings. The van der Waals surface area contributed by atoms with E-state index in [1.807, 2.05) is 66.2 Å². The Morgan fingerprint density at radius 1 is 1.19 bits per heavy atom. The summed E-state index contributed by atoms with van der Waals surface area (Å²) in [5.41, 5.74) is 2.87. The summed E-state index contributed by atoms with van der Waals surface area (Å²) in [5, 5.41) is 0.604. The van der Waals surface area contributed by atoms with Crippen molar-refractivity contribution in [3.63, 3.8) is 0 Å². The van der Waals surface area contributed by atoms with Gasteiger partial charge in [0.05, 0.1) is 17.1 Å². The number of carbonyl (C=O) groups excluding carboxylic acids is 1. The van der Waals surface area contributed by atoms with Gasteiger partial charge in [-0.25, -0.2) is 9.98 Å². The van der Waals surface area contributed by atoms with Gasteiger partial charge in [-0.05, 0) is 25.1 Å². The van der Waals surface area contributed by atoms with Crippen molar-refractivity contribution in [2.24, 2.45) is 4.99 Å². The van der Waals surface area contributed by atoms with E-state index in [1.54, 1.807) is 6.92 Å². The molecule has 4 rings (SSSR count). The van der Waals surface area contributed by atoms with Crippen LogP contribution in [0.5, 0.6) is 0 Å². The molecule has 0 spiro atoms. The van der Waals surface area contributed by atoms with E-state index < -0.39 is 11.7 Å². The number of halogens is 1. The molecule has 1 atom stereocenters. The minimum absolute atomic E-state index is 0.426. The van der Waals surface area contributed by atoms with Gasteiger partial charge in [0.1, 0.15) is 0 Å². The number of fused-ring (bicyclic) bond motifs is 3. The fourth-order valence-electron chi connectivity index (χ4n) is 3.40. The van der Waals surface area contributed by atoms with Crippen LogP contribution in [0.4, 0.5) is 0 Å². The minimum atomic E-state index is -1.27. The second-order valence-electron chi connectivity index (χ2n) is 6.64. The number of carbonyl (C=O) groups is 1. The highest BCUT2D eigenvalue weighted by Crippen LogP contribution is 2.36. The van der Waals surface area contributed by atoms with E-state index in [1.165, 1.54) is 6.92 Å². The van der Waals surface area contributed by atoms with Gasteiger partial charge in [0.2, 0.25) is 0 Å². The summed E-state index contributed by atoms with van der Waals surface area (Å²) < 4.78 is 7.59. The molecule has 5 nitrogen and oxygen atoms in total. The van der Waals surface area contributed by atoms with Crippen LogP contribution in [0.3, 0.4) is 0 Å². The number of aromatic nitrogens is 2. The number of aryl methyl sites for hydroxylation is 1. The van der Waals surface area contributed by atoms with E-state index >= 15 is 0 Å². The smallest absolute Gasteiger partial charge is 0.305 e. The maximum Gasteiger partial charge on any atom is 0.305 e. The number of rotatable bonds is 2. The zero-order valence-corrected chi connectivity index (χ0v) is 16.0. The summed E-state index contributed by atoms with van der Waals surface area (Å²) in [6.07, 6.45) is 1.91. The lowest BCUT2D eigenvalue weighted by atomic mass is 10.0. The molecule has 0 saturated carbocycles. The molecule has 1 unspecified atom stereocenters. The lowest BCUT2D eigenvalue weighted by Crippen LogP contribution is -2.29. The second kappa shape index (κ2) is 6.35. The number of benzene rings is 2. The highest BCUT2D eigenvalue weighted by molar-refractivity contribution is 6.31. The van der Waals surface area contributed by atoms with Gasteiger partial charge in [-0.1, -0.05) is 41.9 Å². The number of imidazole rings is 1. The van der Waals surface area contributed by atoms with Gasteiger partial charge >= 0.3 is 5.97 Å². The highest BCUT2D eigenvalue weighted by atomic mass is 35.5. The Labute approximate surface area is 162 Å². The van der Waals surface area contributed by atoms with Gasteiger partial charge < -0.3 is 4.74 Å². The van der Waals surface area contributed by atoms with E-state index in [0.29, 0.717) is 16.6 Å². The van der Waals surface area contributed by atoms with E-state index in [-0.39, 0.29) is 0 Å². The molecular weight excluding hydrogens is 362 g/mol. The topological polar surface area (TPSA) is 56.5 Å². The van der Waals surface area contributed by atoms with Crippen LogP contribution >= 0.6 is 11.6 Å². The first-order valence-electron chi connectivity index (χ1n) is 8.59. The van der Waals surface area contributed by atoms with Crippen molar-refractivity contribution in [2.45, 2.75) is 26.5 Å². The largest absolute Gasteiger partial charge is 0.430 e. The Morgan fingerprint density at radius 3 is 2.63 bits per heavy atom. The van der Waals surface area contributed by atoms with E-state index in [9.17, 15) is 4.79 Å². The van der Waals surface area contributed by atoms with Crippen molar-refractivity contribution in [1.29, 1.82) is 0 Å². The Balaban J connectivity index is 2.08. The SMILES string of the molecule is CC(=O)OC1(C)N=C(c2ccccc2)c2cc(Cl)ccc2-n2cc(C)nc21. The molecule has 136 valence electrons. The van der Waals surface area contributed by atoms with Crippen LogP contribution in [0.25, 0.3) is 5.69 Å². The lowest BCUT2D eigenvalue weighted by molar-refractivity contribution is -0.156. The summed E-state index contributed by atoms with van der Waals surface area (Å²) in [7, 11) is 0. The Bertz CT molecular complexity index is 1070. The fraction of sp³-hybridized carbons (Fsp3) is 0.190. The van der Waals surface area contributed by atoms with Gasteiger partial charge in [0.15, 0.2) is 5.82 Å². The van der Waals surface area contributed by atoms with E-state index in [0.717, 1.165) is 22.5 Å². The molecular formula is C21H18ClN3O2. The first-order valence-corrected chi connectivity index (χ1v) is 8.97. The van der Waals surface area contributed by atoms with Crippen molar-refractivity contribution in [1.82, 2.24) is 9.55 Å². The summed E-state index contributed by atoms with van der Waals surface area (Å²) in [6, 6.07) is 15.4. The molecule has 0 radical (unpaired) electrons. The molecule has 2 heterocycles. The average Bonchev–Trinajstić information content (AvgIpc) is 2.99. The molecule has 0 saturated heterocycles. The molecule has 0 amide bonds. The third kappa shape index (κ3) is 3.04.